The summed E-state index contributed by atoms with van der Waals surface area (Å²) in [5, 5.41) is 10.1. The number of benzene rings is 1. The third-order valence-corrected chi connectivity index (χ3v) is 3.08. The maximum absolute atomic E-state index is 11.1. The third kappa shape index (κ3) is 1.75. The zero-order valence-electron chi connectivity index (χ0n) is 9.02. The first kappa shape index (κ1) is 10.5. The lowest BCUT2D eigenvalue weighted by molar-refractivity contribution is -0.150. The topological polar surface area (TPSA) is 55.8 Å². The average molecular weight is 232 g/mol. The van der Waals surface area contributed by atoms with E-state index in [0.29, 0.717) is 0 Å². The molecule has 88 valence electrons. The van der Waals surface area contributed by atoms with Gasteiger partial charge in [0.05, 0.1) is 0 Å². The first-order chi connectivity index (χ1) is 8.25. The van der Waals surface area contributed by atoms with E-state index in [0.717, 1.165) is 5.56 Å². The van der Waals surface area contributed by atoms with Gasteiger partial charge in [-0.05, 0) is 11.6 Å². The highest BCUT2D eigenvalue weighted by molar-refractivity contribution is 5.83. The highest BCUT2D eigenvalue weighted by atomic mass is 16.6. The summed E-state index contributed by atoms with van der Waals surface area (Å²) < 4.78 is 10.8. The van der Waals surface area contributed by atoms with Gasteiger partial charge in [0.15, 0.2) is 6.10 Å². The van der Waals surface area contributed by atoms with Gasteiger partial charge in [-0.1, -0.05) is 30.3 Å². The molecule has 0 saturated carbocycles. The molecular weight excluding hydrogens is 220 g/mol. The molecule has 0 bridgehead atoms. The maximum Gasteiger partial charge on any atom is 0.330 e. The largest absolute Gasteiger partial charge is 0.453 e. The second kappa shape index (κ2) is 3.98. The molecule has 2 unspecified atom stereocenters. The summed E-state index contributed by atoms with van der Waals surface area (Å²) in [6.45, 7) is 0. The van der Waals surface area contributed by atoms with Crippen LogP contribution in [0.1, 0.15) is 11.7 Å². The van der Waals surface area contributed by atoms with E-state index in [1.807, 2.05) is 30.3 Å². The van der Waals surface area contributed by atoms with Gasteiger partial charge in [-0.3, -0.25) is 0 Å². The summed E-state index contributed by atoms with van der Waals surface area (Å²) in [5.41, 5.74) is 0.888. The van der Waals surface area contributed by atoms with Crippen LogP contribution in [0.5, 0.6) is 0 Å². The van der Waals surface area contributed by atoms with Crippen LogP contribution in [0.4, 0.5) is 0 Å². The molecule has 1 N–H and O–H groups in total. The Kier molecular flexibility index (Phi) is 2.46. The number of carbonyl (C=O) groups excluding carboxylic acids is 1. The van der Waals surface area contributed by atoms with Crippen molar-refractivity contribution in [1.82, 2.24) is 0 Å². The molecule has 3 rings (SSSR count). The van der Waals surface area contributed by atoms with E-state index in [4.69, 9.17) is 9.47 Å². The molecule has 0 aromatic heterocycles. The highest BCUT2D eigenvalue weighted by Gasteiger charge is 2.46. The number of aliphatic hydroxyl groups is 1. The van der Waals surface area contributed by atoms with E-state index in [1.54, 1.807) is 6.08 Å². The van der Waals surface area contributed by atoms with E-state index in [2.05, 4.69) is 0 Å². The van der Waals surface area contributed by atoms with Crippen LogP contribution in [0.25, 0.3) is 0 Å². The Morgan fingerprint density at radius 2 is 1.94 bits per heavy atom. The van der Waals surface area contributed by atoms with Crippen molar-refractivity contribution in [3.63, 3.8) is 0 Å². The van der Waals surface area contributed by atoms with Crippen molar-refractivity contribution in [2.24, 2.45) is 0 Å². The predicted octanol–water partition coefficient (Wildman–Crippen LogP) is 0.969. The van der Waals surface area contributed by atoms with Crippen molar-refractivity contribution >= 4 is 5.97 Å². The van der Waals surface area contributed by atoms with Gasteiger partial charge < -0.3 is 14.6 Å². The molecule has 0 amide bonds. The number of hydrogen-bond donors (Lipinski definition) is 1. The zero-order valence-corrected chi connectivity index (χ0v) is 9.02. The number of aliphatic hydroxyl groups excluding tert-OH is 1. The van der Waals surface area contributed by atoms with E-state index < -0.39 is 24.3 Å². The van der Waals surface area contributed by atoms with Gasteiger partial charge in [0.25, 0.3) is 0 Å². The minimum atomic E-state index is -0.823. The van der Waals surface area contributed by atoms with Gasteiger partial charge >= 0.3 is 5.97 Å². The number of rotatable bonds is 1. The second-order valence-electron chi connectivity index (χ2n) is 4.18. The minimum Gasteiger partial charge on any atom is -0.453 e. The fourth-order valence-corrected chi connectivity index (χ4v) is 2.25. The summed E-state index contributed by atoms with van der Waals surface area (Å²) in [4.78, 5) is 11.1. The SMILES string of the molecule is O=C1C=C[C@@H]2OC(c3ccccc3)C(O)[C@@H]2O1. The van der Waals surface area contributed by atoms with E-state index in [9.17, 15) is 9.90 Å². The van der Waals surface area contributed by atoms with Crippen LogP contribution in [-0.2, 0) is 14.3 Å². The minimum absolute atomic E-state index is 0.354. The van der Waals surface area contributed by atoms with Crippen molar-refractivity contribution in [1.29, 1.82) is 0 Å². The lowest BCUT2D eigenvalue weighted by Crippen LogP contribution is -2.36. The molecule has 4 atom stereocenters. The molecule has 4 heteroatoms. The molecule has 4 nitrogen and oxygen atoms in total. The van der Waals surface area contributed by atoms with Crippen molar-refractivity contribution in [2.75, 3.05) is 0 Å². The van der Waals surface area contributed by atoms with Crippen molar-refractivity contribution in [3.8, 4) is 0 Å². The summed E-state index contributed by atoms with van der Waals surface area (Å²) in [7, 11) is 0. The molecule has 17 heavy (non-hydrogen) atoms. The quantitative estimate of drug-likeness (QED) is 0.733. The molecule has 0 aliphatic carbocycles. The number of ether oxygens (including phenoxy) is 2. The van der Waals surface area contributed by atoms with Crippen LogP contribution >= 0.6 is 0 Å². The molecule has 2 heterocycles. The van der Waals surface area contributed by atoms with Crippen LogP contribution in [0.2, 0.25) is 0 Å². The molecule has 2 aliphatic heterocycles. The van der Waals surface area contributed by atoms with Crippen LogP contribution in [0, 0.1) is 0 Å². The van der Waals surface area contributed by atoms with Crippen LogP contribution in [0.15, 0.2) is 42.5 Å². The first-order valence-electron chi connectivity index (χ1n) is 5.53. The lowest BCUT2D eigenvalue weighted by atomic mass is 10.0. The summed E-state index contributed by atoms with van der Waals surface area (Å²) >= 11 is 0. The van der Waals surface area contributed by atoms with Crippen LogP contribution < -0.4 is 0 Å². The number of carbonyl (C=O) groups is 1. The van der Waals surface area contributed by atoms with Crippen LogP contribution in [-0.4, -0.2) is 29.4 Å². The first-order valence-corrected chi connectivity index (χ1v) is 5.53. The van der Waals surface area contributed by atoms with E-state index >= 15 is 0 Å². The Morgan fingerprint density at radius 1 is 1.18 bits per heavy atom. The van der Waals surface area contributed by atoms with Crippen molar-refractivity contribution < 1.29 is 19.4 Å². The van der Waals surface area contributed by atoms with Crippen molar-refractivity contribution in [2.45, 2.75) is 24.4 Å². The molecule has 2 aliphatic rings. The van der Waals surface area contributed by atoms with Gasteiger partial charge in [0, 0.05) is 6.08 Å². The molecule has 0 spiro atoms. The fourth-order valence-electron chi connectivity index (χ4n) is 2.25. The second-order valence-corrected chi connectivity index (χ2v) is 4.18. The van der Waals surface area contributed by atoms with Crippen molar-refractivity contribution in [3.05, 3.63) is 48.0 Å². The summed E-state index contributed by atoms with van der Waals surface area (Å²) in [6.07, 6.45) is 0.757. The Bertz CT molecular complexity index is 454. The van der Waals surface area contributed by atoms with E-state index in [1.165, 1.54) is 6.08 Å². The number of esters is 1. The number of hydrogen-bond acceptors (Lipinski definition) is 4. The van der Waals surface area contributed by atoms with Gasteiger partial charge in [-0.2, -0.15) is 0 Å². The Labute approximate surface area is 98.5 Å². The Hall–Kier alpha value is -1.65. The highest BCUT2D eigenvalue weighted by Crippen LogP contribution is 2.36. The monoisotopic (exact) mass is 232 g/mol. The van der Waals surface area contributed by atoms with Crippen LogP contribution in [0.3, 0.4) is 0 Å². The van der Waals surface area contributed by atoms with Gasteiger partial charge in [0.1, 0.15) is 18.3 Å². The normalized spacial score (nSPS) is 35.5. The Balaban J connectivity index is 1.87. The van der Waals surface area contributed by atoms with E-state index in [-0.39, 0.29) is 6.10 Å². The lowest BCUT2D eigenvalue weighted by Gasteiger charge is -2.20. The molecular formula is C13H12O4. The molecule has 1 aromatic carbocycles. The summed E-state index contributed by atoms with van der Waals surface area (Å²) in [5.74, 6) is -0.428. The fraction of sp³-hybridized carbons (Fsp3) is 0.308. The Morgan fingerprint density at radius 3 is 2.71 bits per heavy atom. The van der Waals surface area contributed by atoms with Gasteiger partial charge in [-0.25, -0.2) is 4.79 Å². The van der Waals surface area contributed by atoms with Gasteiger partial charge in [-0.15, -0.1) is 0 Å². The smallest absolute Gasteiger partial charge is 0.330 e. The molecule has 0 radical (unpaired) electrons. The predicted molar refractivity (Wildman–Crippen MR) is 59.1 cm³/mol. The molecule has 1 saturated heterocycles. The third-order valence-electron chi connectivity index (χ3n) is 3.08. The molecule has 1 fully saturated rings. The average Bonchev–Trinajstić information content (AvgIpc) is 2.68. The summed E-state index contributed by atoms with van der Waals surface area (Å²) in [6, 6.07) is 9.44. The maximum atomic E-state index is 11.1. The standard InChI is InChI=1S/C13H12O4/c14-10-7-6-9-13(17-10)11(15)12(16-9)8-4-2-1-3-5-8/h1-7,9,11-13,15H/t9-,11?,12?,13+/m0/s1. The number of fused-ring (bicyclic) bond motifs is 1. The zero-order chi connectivity index (χ0) is 11.8. The molecule has 1 aromatic rings. The van der Waals surface area contributed by atoms with Gasteiger partial charge in [0.2, 0.25) is 0 Å².